The van der Waals surface area contributed by atoms with Gasteiger partial charge < -0.3 is 20.0 Å². The molecule has 0 bridgehead atoms. The number of aliphatic imine (C=N–C) groups is 1. The second-order valence-corrected chi connectivity index (χ2v) is 7.85. The molecule has 0 amide bonds. The van der Waals surface area contributed by atoms with E-state index in [1.165, 1.54) is 31.2 Å². The first-order valence-electron chi connectivity index (χ1n) is 11.0. The van der Waals surface area contributed by atoms with Crippen LogP contribution in [0.2, 0.25) is 0 Å². The molecular formula is C22H32N8. The van der Waals surface area contributed by atoms with Crippen molar-refractivity contribution in [3.63, 3.8) is 0 Å². The van der Waals surface area contributed by atoms with E-state index in [2.05, 4.69) is 47.1 Å². The lowest BCUT2D eigenvalue weighted by atomic mass is 10.2. The van der Waals surface area contributed by atoms with Gasteiger partial charge in [-0.3, -0.25) is 4.99 Å². The topological polar surface area (TPSA) is 72.8 Å². The van der Waals surface area contributed by atoms with Crippen LogP contribution in [0.25, 0.3) is 0 Å². The molecule has 2 saturated heterocycles. The first-order valence-corrected chi connectivity index (χ1v) is 11.0. The average Bonchev–Trinajstić information content (AvgIpc) is 3.11. The Morgan fingerprint density at radius 1 is 0.900 bits per heavy atom. The van der Waals surface area contributed by atoms with Gasteiger partial charge in [-0.15, -0.1) is 0 Å². The van der Waals surface area contributed by atoms with Crippen molar-refractivity contribution in [1.82, 2.24) is 25.2 Å². The fourth-order valence-electron chi connectivity index (χ4n) is 4.09. The van der Waals surface area contributed by atoms with Crippen molar-refractivity contribution in [3.05, 3.63) is 42.4 Å². The third-order valence-electron chi connectivity index (χ3n) is 5.82. The third kappa shape index (κ3) is 5.17. The van der Waals surface area contributed by atoms with Crippen molar-refractivity contribution in [3.8, 4) is 0 Å². The number of guanidine groups is 1. The van der Waals surface area contributed by atoms with Crippen LogP contribution >= 0.6 is 0 Å². The second kappa shape index (κ2) is 10.2. The quantitative estimate of drug-likeness (QED) is 0.614. The Balaban J connectivity index is 1.27. The lowest BCUT2D eigenvalue weighted by molar-refractivity contribution is 0.370. The number of hydrogen-bond donors (Lipinski definition) is 1. The van der Waals surface area contributed by atoms with Gasteiger partial charge in [0, 0.05) is 71.5 Å². The summed E-state index contributed by atoms with van der Waals surface area (Å²) < 4.78 is 0. The maximum absolute atomic E-state index is 4.72. The number of pyridine rings is 1. The molecule has 8 nitrogen and oxygen atoms in total. The van der Waals surface area contributed by atoms with E-state index in [4.69, 9.17) is 4.98 Å². The van der Waals surface area contributed by atoms with Gasteiger partial charge in [-0.05, 0) is 30.5 Å². The lowest BCUT2D eigenvalue weighted by Gasteiger charge is -2.36. The standard InChI is InChI=1S/C22H32N8/c1-23-21(29-13-15-30(16-14-29)22-24-9-6-10-25-22)27-18-19-7-8-20(26-17-19)28-11-4-2-3-5-12-28/h6-10,17H,2-5,11-16,18H2,1H3,(H,23,27). The Hall–Kier alpha value is -2.90. The zero-order valence-corrected chi connectivity index (χ0v) is 17.9. The molecule has 0 saturated carbocycles. The Bertz CT molecular complexity index is 792. The summed E-state index contributed by atoms with van der Waals surface area (Å²) in [4.78, 5) is 24.8. The Morgan fingerprint density at radius 3 is 2.27 bits per heavy atom. The molecule has 0 atom stereocenters. The number of nitrogens with one attached hydrogen (secondary N) is 1. The summed E-state index contributed by atoms with van der Waals surface area (Å²) in [6, 6.07) is 6.18. The highest BCUT2D eigenvalue weighted by atomic mass is 15.4. The SMILES string of the molecule is CN=C(NCc1ccc(N2CCCCCC2)nc1)N1CCN(c2ncccn2)CC1. The van der Waals surface area contributed by atoms with E-state index in [1.54, 1.807) is 12.4 Å². The fourth-order valence-corrected chi connectivity index (χ4v) is 4.09. The molecule has 4 heterocycles. The van der Waals surface area contributed by atoms with Gasteiger partial charge in [-0.2, -0.15) is 0 Å². The van der Waals surface area contributed by atoms with E-state index in [0.29, 0.717) is 0 Å². The van der Waals surface area contributed by atoms with Gasteiger partial charge in [0.1, 0.15) is 5.82 Å². The normalized spacial score (nSPS) is 18.3. The van der Waals surface area contributed by atoms with Crippen molar-refractivity contribution in [1.29, 1.82) is 0 Å². The summed E-state index contributed by atoms with van der Waals surface area (Å²) in [6.07, 6.45) is 10.8. The van der Waals surface area contributed by atoms with E-state index in [-0.39, 0.29) is 0 Å². The minimum absolute atomic E-state index is 0.724. The molecule has 30 heavy (non-hydrogen) atoms. The second-order valence-electron chi connectivity index (χ2n) is 7.85. The summed E-state index contributed by atoms with van der Waals surface area (Å²) in [5.41, 5.74) is 1.17. The van der Waals surface area contributed by atoms with Gasteiger partial charge in [0.05, 0.1) is 0 Å². The zero-order chi connectivity index (χ0) is 20.6. The smallest absolute Gasteiger partial charge is 0.225 e. The van der Waals surface area contributed by atoms with Gasteiger partial charge in [0.15, 0.2) is 5.96 Å². The minimum Gasteiger partial charge on any atom is -0.357 e. The Kier molecular flexibility index (Phi) is 6.95. The molecule has 2 aliphatic heterocycles. The van der Waals surface area contributed by atoms with Crippen LogP contribution < -0.4 is 15.1 Å². The van der Waals surface area contributed by atoms with Gasteiger partial charge in [-0.1, -0.05) is 18.9 Å². The highest BCUT2D eigenvalue weighted by Gasteiger charge is 2.21. The van der Waals surface area contributed by atoms with E-state index < -0.39 is 0 Å². The molecule has 8 heteroatoms. The first kappa shape index (κ1) is 20.4. The molecule has 2 aromatic heterocycles. The minimum atomic E-state index is 0.724. The Labute approximate surface area is 179 Å². The van der Waals surface area contributed by atoms with Gasteiger partial charge in [0.2, 0.25) is 5.95 Å². The summed E-state index contributed by atoms with van der Waals surface area (Å²) in [7, 11) is 1.84. The van der Waals surface area contributed by atoms with Crippen LogP contribution in [0.15, 0.2) is 41.8 Å². The van der Waals surface area contributed by atoms with Crippen LogP contribution in [-0.4, -0.2) is 72.1 Å². The van der Waals surface area contributed by atoms with Gasteiger partial charge in [-0.25, -0.2) is 15.0 Å². The molecular weight excluding hydrogens is 376 g/mol. The Morgan fingerprint density at radius 2 is 1.63 bits per heavy atom. The molecule has 2 aromatic rings. The van der Waals surface area contributed by atoms with E-state index in [9.17, 15) is 0 Å². The maximum Gasteiger partial charge on any atom is 0.225 e. The summed E-state index contributed by atoms with van der Waals surface area (Å²) >= 11 is 0. The average molecular weight is 409 g/mol. The highest BCUT2D eigenvalue weighted by Crippen LogP contribution is 2.17. The van der Waals surface area contributed by atoms with Crippen LogP contribution in [0, 0.1) is 0 Å². The largest absolute Gasteiger partial charge is 0.357 e. The first-order chi connectivity index (χ1) is 14.8. The number of piperazine rings is 1. The predicted molar refractivity (Wildman–Crippen MR) is 121 cm³/mol. The van der Waals surface area contributed by atoms with Gasteiger partial charge in [0.25, 0.3) is 0 Å². The number of rotatable bonds is 4. The molecule has 1 N–H and O–H groups in total. The number of nitrogens with zero attached hydrogens (tertiary/aromatic N) is 7. The predicted octanol–water partition coefficient (Wildman–Crippen LogP) is 2.15. The highest BCUT2D eigenvalue weighted by molar-refractivity contribution is 5.80. The van der Waals surface area contributed by atoms with Crippen molar-refractivity contribution in [2.45, 2.75) is 32.2 Å². The fraction of sp³-hybridized carbons (Fsp3) is 0.545. The number of hydrogen-bond acceptors (Lipinski definition) is 6. The summed E-state index contributed by atoms with van der Waals surface area (Å²) in [5, 5.41) is 3.49. The zero-order valence-electron chi connectivity index (χ0n) is 17.9. The van der Waals surface area contributed by atoms with Crippen LogP contribution in [0.1, 0.15) is 31.2 Å². The molecule has 2 aliphatic rings. The molecule has 2 fully saturated rings. The van der Waals surface area contributed by atoms with E-state index in [1.807, 2.05) is 19.3 Å². The van der Waals surface area contributed by atoms with Crippen LogP contribution in [0.3, 0.4) is 0 Å². The number of aromatic nitrogens is 3. The number of anilines is 2. The third-order valence-corrected chi connectivity index (χ3v) is 5.82. The monoisotopic (exact) mass is 408 g/mol. The van der Waals surface area contributed by atoms with E-state index >= 15 is 0 Å². The van der Waals surface area contributed by atoms with E-state index in [0.717, 1.165) is 63.5 Å². The molecule has 160 valence electrons. The molecule has 4 rings (SSSR count). The van der Waals surface area contributed by atoms with Crippen LogP contribution in [0.5, 0.6) is 0 Å². The lowest BCUT2D eigenvalue weighted by Crippen LogP contribution is -2.52. The molecule has 0 spiro atoms. The molecule has 0 aliphatic carbocycles. The van der Waals surface area contributed by atoms with Crippen molar-refractivity contribution >= 4 is 17.7 Å². The summed E-state index contributed by atoms with van der Waals surface area (Å²) in [5.74, 6) is 2.83. The molecule has 0 radical (unpaired) electrons. The van der Waals surface area contributed by atoms with Gasteiger partial charge >= 0.3 is 0 Å². The summed E-state index contributed by atoms with van der Waals surface area (Å²) in [6.45, 7) is 6.53. The molecule has 0 aromatic carbocycles. The van der Waals surface area contributed by atoms with Crippen LogP contribution in [-0.2, 0) is 6.54 Å². The van der Waals surface area contributed by atoms with Crippen molar-refractivity contribution in [2.75, 3.05) is 56.1 Å². The van der Waals surface area contributed by atoms with Crippen molar-refractivity contribution in [2.24, 2.45) is 4.99 Å². The maximum atomic E-state index is 4.72. The van der Waals surface area contributed by atoms with Crippen molar-refractivity contribution < 1.29 is 0 Å². The molecule has 0 unspecified atom stereocenters. The van der Waals surface area contributed by atoms with Crippen LogP contribution in [0.4, 0.5) is 11.8 Å².